The molecule has 1 heterocycles. The van der Waals surface area contributed by atoms with Crippen molar-refractivity contribution < 1.29 is 0 Å². The number of hydrogen-bond acceptors (Lipinski definition) is 2. The van der Waals surface area contributed by atoms with Crippen LogP contribution in [0.3, 0.4) is 0 Å². The molecule has 2 unspecified atom stereocenters. The highest BCUT2D eigenvalue weighted by atomic mass is 32.2. The molecule has 1 aliphatic rings. The smallest absolute Gasteiger partial charge is 0.0428 e. The van der Waals surface area contributed by atoms with E-state index in [0.717, 1.165) is 12.2 Å². The molecular weight excluding hydrogens is 202 g/mol. The normalized spacial score (nSPS) is 20.7. The van der Waals surface area contributed by atoms with E-state index in [-0.39, 0.29) is 0 Å². The zero-order valence-electron chi connectivity index (χ0n) is 8.86. The first-order valence-corrected chi connectivity index (χ1v) is 6.21. The second kappa shape index (κ2) is 4.74. The van der Waals surface area contributed by atoms with Gasteiger partial charge in [0, 0.05) is 29.2 Å². The molecule has 0 saturated heterocycles. The fourth-order valence-electron chi connectivity index (χ4n) is 1.88. The molecule has 2 atom stereocenters. The van der Waals surface area contributed by atoms with Crippen LogP contribution in [0.4, 0.5) is 0 Å². The molecule has 1 aromatic rings. The van der Waals surface area contributed by atoms with Gasteiger partial charge in [0.1, 0.15) is 0 Å². The molecule has 1 nitrogen and oxygen atoms in total. The number of benzene rings is 1. The average molecular weight is 217 g/mol. The number of rotatable bonds is 3. The van der Waals surface area contributed by atoms with Gasteiger partial charge in [0.05, 0.1) is 0 Å². The molecule has 0 saturated carbocycles. The molecule has 2 heteroatoms. The average Bonchev–Trinajstić information content (AvgIpc) is 2.62. The van der Waals surface area contributed by atoms with Crippen LogP contribution in [0.15, 0.2) is 29.2 Å². The van der Waals surface area contributed by atoms with Crippen LogP contribution in [0.25, 0.3) is 0 Å². The Labute approximate surface area is 95.7 Å². The fourth-order valence-corrected chi connectivity index (χ4v) is 3.05. The van der Waals surface area contributed by atoms with Crippen LogP contribution in [-0.2, 0) is 0 Å². The number of thioether (sulfide) groups is 1. The molecule has 0 aliphatic carbocycles. The van der Waals surface area contributed by atoms with Gasteiger partial charge in [0.15, 0.2) is 0 Å². The zero-order chi connectivity index (χ0) is 10.7. The second-order valence-electron chi connectivity index (χ2n) is 3.88. The molecule has 0 radical (unpaired) electrons. The monoisotopic (exact) mass is 217 g/mol. The number of fused-ring (bicyclic) bond motifs is 1. The maximum atomic E-state index is 5.30. The minimum atomic E-state index is 0.395. The highest BCUT2D eigenvalue weighted by Crippen LogP contribution is 2.37. The van der Waals surface area contributed by atoms with Crippen molar-refractivity contribution in [3.63, 3.8) is 0 Å². The van der Waals surface area contributed by atoms with Crippen LogP contribution in [0.1, 0.15) is 24.9 Å². The van der Waals surface area contributed by atoms with Crippen LogP contribution in [0, 0.1) is 12.3 Å². The number of nitrogens with one attached hydrogen (secondary N) is 1. The number of terminal acetylenes is 1. The van der Waals surface area contributed by atoms with Crippen molar-refractivity contribution in [2.45, 2.75) is 30.3 Å². The van der Waals surface area contributed by atoms with Crippen LogP contribution in [0.5, 0.6) is 0 Å². The van der Waals surface area contributed by atoms with Gasteiger partial charge in [-0.25, -0.2) is 0 Å². The van der Waals surface area contributed by atoms with Gasteiger partial charge in [-0.3, -0.25) is 0 Å². The highest BCUT2D eigenvalue weighted by Gasteiger charge is 2.23. The molecule has 0 fully saturated rings. The molecule has 78 valence electrons. The Hall–Kier alpha value is -0.910. The van der Waals surface area contributed by atoms with E-state index in [4.69, 9.17) is 6.42 Å². The van der Waals surface area contributed by atoms with Crippen molar-refractivity contribution in [2.75, 3.05) is 5.75 Å². The minimum absolute atomic E-state index is 0.395. The summed E-state index contributed by atoms with van der Waals surface area (Å²) in [5, 5.41) is 3.57. The van der Waals surface area contributed by atoms with E-state index in [9.17, 15) is 0 Å². The summed E-state index contributed by atoms with van der Waals surface area (Å²) in [7, 11) is 0. The largest absolute Gasteiger partial charge is 0.306 e. The molecule has 15 heavy (non-hydrogen) atoms. The predicted octanol–water partition coefficient (Wildman–Crippen LogP) is 2.83. The third-order valence-corrected chi connectivity index (χ3v) is 3.79. The van der Waals surface area contributed by atoms with Crippen molar-refractivity contribution in [2.24, 2.45) is 0 Å². The Bertz CT molecular complexity index is 380. The predicted molar refractivity (Wildman–Crippen MR) is 66.0 cm³/mol. The van der Waals surface area contributed by atoms with Gasteiger partial charge in [-0.2, -0.15) is 0 Å². The lowest BCUT2D eigenvalue weighted by Gasteiger charge is -2.17. The first kappa shape index (κ1) is 10.6. The molecule has 0 amide bonds. The van der Waals surface area contributed by atoms with E-state index in [1.165, 1.54) is 10.5 Å². The summed E-state index contributed by atoms with van der Waals surface area (Å²) in [6.07, 6.45) is 6.10. The maximum Gasteiger partial charge on any atom is 0.0428 e. The molecule has 1 N–H and O–H groups in total. The molecule has 2 rings (SSSR count). The first-order chi connectivity index (χ1) is 7.31. The molecule has 0 aromatic heterocycles. The van der Waals surface area contributed by atoms with E-state index < -0.39 is 0 Å². The molecule has 0 spiro atoms. The summed E-state index contributed by atoms with van der Waals surface area (Å²) in [5.74, 6) is 3.82. The molecule has 0 bridgehead atoms. The van der Waals surface area contributed by atoms with Crippen molar-refractivity contribution >= 4 is 11.8 Å². The Balaban J connectivity index is 2.05. The Morgan fingerprint density at radius 2 is 2.40 bits per heavy atom. The van der Waals surface area contributed by atoms with Crippen molar-refractivity contribution in [3.05, 3.63) is 29.8 Å². The molecule has 1 aliphatic heterocycles. The van der Waals surface area contributed by atoms with Crippen LogP contribution >= 0.6 is 11.8 Å². The first-order valence-electron chi connectivity index (χ1n) is 5.22. The van der Waals surface area contributed by atoms with E-state index in [0.29, 0.717) is 12.1 Å². The van der Waals surface area contributed by atoms with Crippen molar-refractivity contribution in [1.82, 2.24) is 5.32 Å². The summed E-state index contributed by atoms with van der Waals surface area (Å²) < 4.78 is 0. The zero-order valence-corrected chi connectivity index (χ0v) is 9.68. The molecule has 1 aromatic carbocycles. The van der Waals surface area contributed by atoms with E-state index in [1.54, 1.807) is 0 Å². The summed E-state index contributed by atoms with van der Waals surface area (Å²) in [4.78, 5) is 1.41. The van der Waals surface area contributed by atoms with Gasteiger partial charge < -0.3 is 5.32 Å². The fraction of sp³-hybridized carbons (Fsp3) is 0.385. The number of hydrogen-bond donors (Lipinski definition) is 1. The van der Waals surface area contributed by atoms with Crippen molar-refractivity contribution in [3.8, 4) is 12.3 Å². The van der Waals surface area contributed by atoms with Crippen LogP contribution < -0.4 is 5.32 Å². The Morgan fingerprint density at radius 3 is 3.20 bits per heavy atom. The van der Waals surface area contributed by atoms with Crippen LogP contribution in [0.2, 0.25) is 0 Å². The standard InChI is InChI=1S/C13H15NS/c1-3-6-10(2)14-12-9-15-13-8-5-4-7-11(12)13/h1,4-5,7-8,10,12,14H,6,9H2,2H3. The topological polar surface area (TPSA) is 12.0 Å². The molecular formula is C13H15NS. The van der Waals surface area contributed by atoms with E-state index in [2.05, 4.69) is 42.4 Å². The van der Waals surface area contributed by atoms with Gasteiger partial charge >= 0.3 is 0 Å². The maximum absolute atomic E-state index is 5.30. The van der Waals surface area contributed by atoms with Gasteiger partial charge in [-0.15, -0.1) is 24.1 Å². The lowest BCUT2D eigenvalue weighted by molar-refractivity contribution is 0.492. The summed E-state index contributed by atoms with van der Waals surface area (Å²) in [6.45, 7) is 2.14. The van der Waals surface area contributed by atoms with Gasteiger partial charge in [0.25, 0.3) is 0 Å². The lowest BCUT2D eigenvalue weighted by Crippen LogP contribution is -2.30. The summed E-state index contributed by atoms with van der Waals surface area (Å²) in [5.41, 5.74) is 1.42. The highest BCUT2D eigenvalue weighted by molar-refractivity contribution is 7.99. The second-order valence-corrected chi connectivity index (χ2v) is 4.94. The third-order valence-electron chi connectivity index (χ3n) is 2.61. The van der Waals surface area contributed by atoms with Gasteiger partial charge in [-0.05, 0) is 18.6 Å². The summed E-state index contributed by atoms with van der Waals surface area (Å²) in [6, 6.07) is 9.45. The summed E-state index contributed by atoms with van der Waals surface area (Å²) >= 11 is 1.92. The quantitative estimate of drug-likeness (QED) is 0.781. The van der Waals surface area contributed by atoms with Gasteiger partial charge in [0.2, 0.25) is 0 Å². The third kappa shape index (κ3) is 2.37. The van der Waals surface area contributed by atoms with E-state index in [1.807, 2.05) is 11.8 Å². The van der Waals surface area contributed by atoms with Crippen LogP contribution in [-0.4, -0.2) is 11.8 Å². The SMILES string of the molecule is C#CCC(C)NC1CSc2ccccc21. The van der Waals surface area contributed by atoms with Gasteiger partial charge in [-0.1, -0.05) is 18.2 Å². The van der Waals surface area contributed by atoms with Crippen molar-refractivity contribution in [1.29, 1.82) is 0 Å². The van der Waals surface area contributed by atoms with E-state index >= 15 is 0 Å². The Morgan fingerprint density at radius 1 is 1.60 bits per heavy atom. The minimum Gasteiger partial charge on any atom is -0.306 e. The lowest BCUT2D eigenvalue weighted by atomic mass is 10.1. The Kier molecular flexibility index (Phi) is 3.35.